The number of aliphatic hydroxyl groups excluding tert-OH is 1. The van der Waals surface area contributed by atoms with Gasteiger partial charge in [0.2, 0.25) is 0 Å². The Kier molecular flexibility index (Phi) is 7.57. The van der Waals surface area contributed by atoms with Gasteiger partial charge in [-0.2, -0.15) is 0 Å². The van der Waals surface area contributed by atoms with Gasteiger partial charge in [0.05, 0.1) is 19.3 Å². The van der Waals surface area contributed by atoms with Crippen LogP contribution in [0.15, 0.2) is 0 Å². The molecule has 0 saturated carbocycles. The summed E-state index contributed by atoms with van der Waals surface area (Å²) in [4.78, 5) is 22.3. The molecule has 0 rings (SSSR count). The van der Waals surface area contributed by atoms with Crippen LogP contribution in [0.2, 0.25) is 0 Å². The first-order valence-corrected chi connectivity index (χ1v) is 4.84. The fourth-order valence-electron chi connectivity index (χ4n) is 0.875. The number of hydrogen-bond donors (Lipinski definition) is 3. The zero-order chi connectivity index (χ0) is 11.7. The summed E-state index contributed by atoms with van der Waals surface area (Å²) in [7, 11) is 1.51. The van der Waals surface area contributed by atoms with Crippen LogP contribution in [0, 0.1) is 0 Å². The molecular formula is C9H18N2O4. The highest BCUT2D eigenvalue weighted by Gasteiger charge is 2.16. The molecule has 0 aliphatic rings. The van der Waals surface area contributed by atoms with Crippen molar-refractivity contribution in [1.82, 2.24) is 10.6 Å². The maximum absolute atomic E-state index is 11.2. The van der Waals surface area contributed by atoms with Gasteiger partial charge < -0.3 is 20.5 Å². The number of amides is 2. The van der Waals surface area contributed by atoms with Crippen LogP contribution in [0.4, 0.5) is 0 Å². The van der Waals surface area contributed by atoms with Crippen molar-refractivity contribution in [3.05, 3.63) is 0 Å². The van der Waals surface area contributed by atoms with Crippen molar-refractivity contribution in [1.29, 1.82) is 0 Å². The van der Waals surface area contributed by atoms with E-state index in [1.165, 1.54) is 7.11 Å². The molecule has 6 nitrogen and oxygen atoms in total. The van der Waals surface area contributed by atoms with Crippen molar-refractivity contribution in [3.8, 4) is 0 Å². The summed E-state index contributed by atoms with van der Waals surface area (Å²) in [6.45, 7) is 2.28. The monoisotopic (exact) mass is 218 g/mol. The number of nitrogens with one attached hydrogen (secondary N) is 2. The lowest BCUT2D eigenvalue weighted by Crippen LogP contribution is -2.46. The Labute approximate surface area is 89.0 Å². The second-order valence-corrected chi connectivity index (χ2v) is 3.01. The first kappa shape index (κ1) is 13.9. The number of rotatable bonds is 6. The van der Waals surface area contributed by atoms with Gasteiger partial charge in [-0.1, -0.05) is 6.92 Å². The molecule has 0 saturated heterocycles. The zero-order valence-electron chi connectivity index (χ0n) is 9.08. The van der Waals surface area contributed by atoms with Crippen molar-refractivity contribution in [2.24, 2.45) is 0 Å². The average molecular weight is 218 g/mol. The first-order valence-electron chi connectivity index (χ1n) is 4.84. The molecule has 88 valence electrons. The molecule has 0 radical (unpaired) electrons. The maximum Gasteiger partial charge on any atom is 0.309 e. The third-order valence-corrected chi connectivity index (χ3v) is 1.85. The topological polar surface area (TPSA) is 87.7 Å². The first-order chi connectivity index (χ1) is 7.15. The molecule has 1 unspecified atom stereocenters. The minimum atomic E-state index is -0.730. The fourth-order valence-corrected chi connectivity index (χ4v) is 0.875. The van der Waals surface area contributed by atoms with Crippen LogP contribution in [-0.4, -0.2) is 49.8 Å². The van der Waals surface area contributed by atoms with Crippen LogP contribution in [0.25, 0.3) is 0 Å². The number of carbonyl (C=O) groups is 2. The van der Waals surface area contributed by atoms with Crippen molar-refractivity contribution in [3.63, 3.8) is 0 Å². The molecule has 0 fully saturated rings. The van der Waals surface area contributed by atoms with Gasteiger partial charge in [-0.05, 0) is 6.42 Å². The van der Waals surface area contributed by atoms with E-state index in [0.717, 1.165) is 0 Å². The van der Waals surface area contributed by atoms with E-state index in [4.69, 9.17) is 9.84 Å². The van der Waals surface area contributed by atoms with Crippen LogP contribution >= 0.6 is 0 Å². The lowest BCUT2D eigenvalue weighted by molar-refractivity contribution is -0.139. The third kappa shape index (κ3) is 6.03. The average Bonchev–Trinajstić information content (AvgIpc) is 2.25. The second-order valence-electron chi connectivity index (χ2n) is 3.01. The molecule has 2 amide bonds. The number of hydrogen-bond acceptors (Lipinski definition) is 4. The largest absolute Gasteiger partial charge is 0.394 e. The maximum atomic E-state index is 11.2. The van der Waals surface area contributed by atoms with Crippen molar-refractivity contribution < 1.29 is 19.4 Å². The van der Waals surface area contributed by atoms with Crippen LogP contribution in [0.5, 0.6) is 0 Å². The Balaban J connectivity index is 3.82. The number of methoxy groups -OCH3 is 1. The van der Waals surface area contributed by atoms with Gasteiger partial charge in [0.15, 0.2) is 0 Å². The number of carbonyl (C=O) groups excluding carboxylic acids is 2. The van der Waals surface area contributed by atoms with Gasteiger partial charge >= 0.3 is 11.8 Å². The van der Waals surface area contributed by atoms with Gasteiger partial charge in [-0.25, -0.2) is 0 Å². The normalized spacial score (nSPS) is 11.9. The summed E-state index contributed by atoms with van der Waals surface area (Å²) in [6.07, 6.45) is 0.577. The number of aliphatic hydroxyl groups is 1. The molecule has 6 heteroatoms. The number of ether oxygens (including phenoxy) is 1. The third-order valence-electron chi connectivity index (χ3n) is 1.85. The lowest BCUT2D eigenvalue weighted by atomic mass is 10.2. The molecular weight excluding hydrogens is 200 g/mol. The summed E-state index contributed by atoms with van der Waals surface area (Å²) in [5.74, 6) is -1.44. The summed E-state index contributed by atoms with van der Waals surface area (Å²) >= 11 is 0. The highest BCUT2D eigenvalue weighted by molar-refractivity contribution is 6.35. The zero-order valence-corrected chi connectivity index (χ0v) is 9.08. The molecule has 3 N–H and O–H groups in total. The molecule has 0 aliphatic heterocycles. The Hall–Kier alpha value is -1.14. The second kappa shape index (κ2) is 8.19. The highest BCUT2D eigenvalue weighted by atomic mass is 16.5. The molecule has 1 atom stereocenters. The molecule has 0 bridgehead atoms. The van der Waals surface area contributed by atoms with Gasteiger partial charge in [0.1, 0.15) is 0 Å². The summed E-state index contributed by atoms with van der Waals surface area (Å²) in [6, 6.07) is -0.370. The van der Waals surface area contributed by atoms with E-state index < -0.39 is 11.8 Å². The smallest absolute Gasteiger partial charge is 0.309 e. The van der Waals surface area contributed by atoms with E-state index in [1.54, 1.807) is 0 Å². The minimum absolute atomic E-state index is 0.173. The minimum Gasteiger partial charge on any atom is -0.394 e. The quantitative estimate of drug-likeness (QED) is 0.379. The summed E-state index contributed by atoms with van der Waals surface area (Å²) < 4.78 is 4.71. The Morgan fingerprint density at radius 3 is 2.53 bits per heavy atom. The summed E-state index contributed by atoms with van der Waals surface area (Å²) in [5.41, 5.74) is 0. The van der Waals surface area contributed by atoms with E-state index in [-0.39, 0.29) is 12.6 Å². The molecule has 0 spiro atoms. The van der Waals surface area contributed by atoms with Crippen molar-refractivity contribution >= 4 is 11.8 Å². The molecule has 0 aromatic carbocycles. The molecule has 0 aromatic heterocycles. The van der Waals surface area contributed by atoms with Gasteiger partial charge in [-0.3, -0.25) is 9.59 Å². The van der Waals surface area contributed by atoms with E-state index in [9.17, 15) is 9.59 Å². The Morgan fingerprint density at radius 1 is 1.40 bits per heavy atom. The standard InChI is InChI=1S/C9H18N2O4/c1-3-7(6-12)11-9(14)8(13)10-4-5-15-2/h7,12H,3-6H2,1-2H3,(H,10,13)(H,11,14). The predicted molar refractivity (Wildman–Crippen MR) is 54.2 cm³/mol. The Morgan fingerprint density at radius 2 is 2.07 bits per heavy atom. The van der Waals surface area contributed by atoms with Crippen LogP contribution in [0.3, 0.4) is 0 Å². The van der Waals surface area contributed by atoms with Crippen molar-refractivity contribution in [2.45, 2.75) is 19.4 Å². The lowest BCUT2D eigenvalue weighted by Gasteiger charge is -2.13. The Bertz CT molecular complexity index is 204. The predicted octanol–water partition coefficient (Wildman–Crippen LogP) is -1.36. The fraction of sp³-hybridized carbons (Fsp3) is 0.778. The van der Waals surface area contributed by atoms with Crippen LogP contribution in [0.1, 0.15) is 13.3 Å². The van der Waals surface area contributed by atoms with Gasteiger partial charge in [-0.15, -0.1) is 0 Å². The van der Waals surface area contributed by atoms with Gasteiger partial charge in [0, 0.05) is 13.7 Å². The SMILES string of the molecule is CCC(CO)NC(=O)C(=O)NCCOC. The molecule has 0 aliphatic carbocycles. The van der Waals surface area contributed by atoms with Gasteiger partial charge in [0.25, 0.3) is 0 Å². The summed E-state index contributed by atoms with van der Waals surface area (Å²) in [5, 5.41) is 13.6. The highest BCUT2D eigenvalue weighted by Crippen LogP contribution is 1.88. The molecule has 15 heavy (non-hydrogen) atoms. The van der Waals surface area contributed by atoms with Crippen LogP contribution < -0.4 is 10.6 Å². The molecule has 0 aromatic rings. The van der Waals surface area contributed by atoms with Crippen LogP contribution in [-0.2, 0) is 14.3 Å². The molecule has 0 heterocycles. The van der Waals surface area contributed by atoms with E-state index in [0.29, 0.717) is 19.6 Å². The van der Waals surface area contributed by atoms with E-state index >= 15 is 0 Å². The van der Waals surface area contributed by atoms with Crippen molar-refractivity contribution in [2.75, 3.05) is 26.9 Å². The van der Waals surface area contributed by atoms with E-state index in [1.807, 2.05) is 6.92 Å². The van der Waals surface area contributed by atoms with E-state index in [2.05, 4.69) is 10.6 Å².